The van der Waals surface area contributed by atoms with Crippen LogP contribution in [0.4, 0.5) is 5.69 Å². The molecule has 3 nitrogen and oxygen atoms in total. The summed E-state index contributed by atoms with van der Waals surface area (Å²) in [7, 11) is 1.65. The van der Waals surface area contributed by atoms with Crippen LogP contribution in [0.1, 0.15) is 42.2 Å². The molecule has 22 heavy (non-hydrogen) atoms. The molecule has 2 unspecified atom stereocenters. The molecule has 0 radical (unpaired) electrons. The van der Waals surface area contributed by atoms with Crippen LogP contribution in [0.25, 0.3) is 0 Å². The molecule has 0 aliphatic carbocycles. The number of anilines is 1. The Morgan fingerprint density at radius 3 is 2.45 bits per heavy atom. The Bertz CT molecular complexity index is 678. The van der Waals surface area contributed by atoms with Crippen molar-refractivity contribution in [2.24, 2.45) is 5.92 Å². The van der Waals surface area contributed by atoms with Crippen LogP contribution in [-0.4, -0.2) is 13.0 Å². The molecule has 3 rings (SSSR count). The number of hydrogen-bond donors (Lipinski definition) is 0. The fourth-order valence-electron chi connectivity index (χ4n) is 3.15. The molecular weight excluding hydrogens is 274 g/mol. The zero-order valence-electron chi connectivity index (χ0n) is 13.2. The molecule has 0 aromatic heterocycles. The highest BCUT2D eigenvalue weighted by Crippen LogP contribution is 2.42. The molecule has 1 heterocycles. The van der Waals surface area contributed by atoms with Crippen LogP contribution in [0.5, 0.6) is 5.75 Å². The lowest BCUT2D eigenvalue weighted by molar-refractivity contribution is 0.0986. The first-order valence-corrected chi connectivity index (χ1v) is 7.74. The van der Waals surface area contributed by atoms with E-state index in [9.17, 15) is 4.79 Å². The van der Waals surface area contributed by atoms with Crippen molar-refractivity contribution in [3.05, 3.63) is 59.7 Å². The number of fused-ring (bicyclic) bond motifs is 1. The van der Waals surface area contributed by atoms with Crippen LogP contribution in [-0.2, 0) is 0 Å². The van der Waals surface area contributed by atoms with Gasteiger partial charge in [0.05, 0.1) is 13.2 Å². The van der Waals surface area contributed by atoms with E-state index in [1.54, 1.807) is 7.11 Å². The van der Waals surface area contributed by atoms with Crippen molar-refractivity contribution in [1.29, 1.82) is 0 Å². The number of methoxy groups -OCH3 is 1. The molecule has 0 fully saturated rings. The van der Waals surface area contributed by atoms with Gasteiger partial charge >= 0.3 is 0 Å². The highest BCUT2D eigenvalue weighted by molar-refractivity contribution is 6.11. The van der Waals surface area contributed by atoms with Crippen molar-refractivity contribution < 1.29 is 9.53 Å². The number of amides is 1. The standard InChI is InChI=1S/C19H21NO2/c1-4-13(2)18-16-7-5-6-8-17(16)19(21)20(18)14-9-11-15(22-3)12-10-14/h5-13,18H,4H2,1-3H3. The molecular formula is C19H21NO2. The maximum Gasteiger partial charge on any atom is 0.259 e. The maximum atomic E-state index is 12.9. The summed E-state index contributed by atoms with van der Waals surface area (Å²) in [5, 5.41) is 0. The minimum atomic E-state index is 0.0890. The van der Waals surface area contributed by atoms with Crippen LogP contribution in [0, 0.1) is 5.92 Å². The summed E-state index contributed by atoms with van der Waals surface area (Å²) in [5.74, 6) is 1.29. The molecule has 1 amide bonds. The number of benzene rings is 2. The van der Waals surface area contributed by atoms with Crippen molar-refractivity contribution in [3.8, 4) is 5.75 Å². The maximum absolute atomic E-state index is 12.9. The molecule has 1 aliphatic heterocycles. The van der Waals surface area contributed by atoms with Gasteiger partial charge < -0.3 is 9.64 Å². The molecule has 0 spiro atoms. The second kappa shape index (κ2) is 5.84. The van der Waals surface area contributed by atoms with E-state index < -0.39 is 0 Å². The largest absolute Gasteiger partial charge is 0.497 e. The van der Waals surface area contributed by atoms with Gasteiger partial charge in [-0.3, -0.25) is 4.79 Å². The van der Waals surface area contributed by atoms with Crippen LogP contribution in [0.2, 0.25) is 0 Å². The predicted molar refractivity (Wildman–Crippen MR) is 88.4 cm³/mol. The SMILES string of the molecule is CCC(C)C1c2ccccc2C(=O)N1c1ccc(OC)cc1. The number of carbonyl (C=O) groups excluding carboxylic acids is 1. The summed E-state index contributed by atoms with van der Waals surface area (Å²) in [6, 6.07) is 15.8. The van der Waals surface area contributed by atoms with Gasteiger partial charge in [-0.25, -0.2) is 0 Å². The highest BCUT2D eigenvalue weighted by Gasteiger charge is 2.39. The van der Waals surface area contributed by atoms with Gasteiger partial charge in [0.25, 0.3) is 5.91 Å². The van der Waals surface area contributed by atoms with Gasteiger partial charge in [-0.15, -0.1) is 0 Å². The average Bonchev–Trinajstić information content (AvgIpc) is 2.87. The Morgan fingerprint density at radius 2 is 1.82 bits per heavy atom. The Morgan fingerprint density at radius 1 is 1.14 bits per heavy atom. The monoisotopic (exact) mass is 295 g/mol. The lowest BCUT2D eigenvalue weighted by Crippen LogP contribution is -2.31. The summed E-state index contributed by atoms with van der Waals surface area (Å²) >= 11 is 0. The van der Waals surface area contributed by atoms with Crippen molar-refractivity contribution in [2.75, 3.05) is 12.0 Å². The first kappa shape index (κ1) is 14.6. The summed E-state index contributed by atoms with van der Waals surface area (Å²) < 4.78 is 5.21. The van der Waals surface area contributed by atoms with Crippen LogP contribution >= 0.6 is 0 Å². The minimum absolute atomic E-state index is 0.0890. The van der Waals surface area contributed by atoms with E-state index in [4.69, 9.17) is 4.74 Å². The summed E-state index contributed by atoms with van der Waals surface area (Å²) in [5.41, 5.74) is 2.88. The first-order chi connectivity index (χ1) is 10.7. The highest BCUT2D eigenvalue weighted by atomic mass is 16.5. The van der Waals surface area contributed by atoms with Gasteiger partial charge in [-0.05, 0) is 41.8 Å². The molecule has 0 saturated heterocycles. The van der Waals surface area contributed by atoms with Crippen LogP contribution in [0.3, 0.4) is 0 Å². The lowest BCUT2D eigenvalue weighted by atomic mass is 9.92. The average molecular weight is 295 g/mol. The summed E-state index contributed by atoms with van der Waals surface area (Å²) in [6.45, 7) is 4.37. The first-order valence-electron chi connectivity index (χ1n) is 7.74. The third kappa shape index (κ3) is 2.27. The van der Waals surface area contributed by atoms with Crippen LogP contribution < -0.4 is 9.64 Å². The van der Waals surface area contributed by atoms with E-state index in [1.807, 2.05) is 47.4 Å². The number of carbonyl (C=O) groups is 1. The molecule has 2 atom stereocenters. The molecule has 2 aromatic rings. The molecule has 0 N–H and O–H groups in total. The quantitative estimate of drug-likeness (QED) is 0.834. The summed E-state index contributed by atoms with van der Waals surface area (Å²) in [4.78, 5) is 14.8. The Kier molecular flexibility index (Phi) is 3.88. The Hall–Kier alpha value is -2.29. The Labute approximate surface area is 131 Å². The zero-order valence-corrected chi connectivity index (χ0v) is 13.2. The fourth-order valence-corrected chi connectivity index (χ4v) is 3.15. The van der Waals surface area contributed by atoms with Gasteiger partial charge in [0.1, 0.15) is 5.75 Å². The van der Waals surface area contributed by atoms with Crippen molar-refractivity contribution >= 4 is 11.6 Å². The van der Waals surface area contributed by atoms with Crippen molar-refractivity contribution in [1.82, 2.24) is 0 Å². The van der Waals surface area contributed by atoms with Gasteiger partial charge in [0.2, 0.25) is 0 Å². The molecule has 114 valence electrons. The van der Waals surface area contributed by atoms with E-state index >= 15 is 0 Å². The number of nitrogens with zero attached hydrogens (tertiary/aromatic N) is 1. The third-order valence-corrected chi connectivity index (χ3v) is 4.54. The molecule has 0 bridgehead atoms. The zero-order chi connectivity index (χ0) is 15.7. The predicted octanol–water partition coefficient (Wildman–Crippen LogP) is 4.44. The molecule has 1 aliphatic rings. The molecule has 2 aromatic carbocycles. The van der Waals surface area contributed by atoms with E-state index in [0.29, 0.717) is 5.92 Å². The van der Waals surface area contributed by atoms with E-state index in [-0.39, 0.29) is 11.9 Å². The van der Waals surface area contributed by atoms with E-state index in [1.165, 1.54) is 0 Å². The van der Waals surface area contributed by atoms with Gasteiger partial charge in [-0.1, -0.05) is 38.5 Å². The topological polar surface area (TPSA) is 29.5 Å². The summed E-state index contributed by atoms with van der Waals surface area (Å²) in [6.07, 6.45) is 1.03. The normalized spacial score (nSPS) is 18.2. The van der Waals surface area contributed by atoms with E-state index in [2.05, 4.69) is 19.9 Å². The number of hydrogen-bond acceptors (Lipinski definition) is 2. The van der Waals surface area contributed by atoms with Crippen LogP contribution in [0.15, 0.2) is 48.5 Å². The van der Waals surface area contributed by atoms with Gasteiger partial charge in [0, 0.05) is 11.3 Å². The Balaban J connectivity index is 2.07. The van der Waals surface area contributed by atoms with Crippen molar-refractivity contribution in [3.63, 3.8) is 0 Å². The lowest BCUT2D eigenvalue weighted by Gasteiger charge is -2.30. The molecule has 0 saturated carbocycles. The second-order valence-corrected chi connectivity index (χ2v) is 5.79. The third-order valence-electron chi connectivity index (χ3n) is 4.54. The second-order valence-electron chi connectivity index (χ2n) is 5.79. The van der Waals surface area contributed by atoms with E-state index in [0.717, 1.165) is 29.0 Å². The van der Waals surface area contributed by atoms with Gasteiger partial charge in [0.15, 0.2) is 0 Å². The number of ether oxygens (including phenoxy) is 1. The van der Waals surface area contributed by atoms with Gasteiger partial charge in [-0.2, -0.15) is 0 Å². The smallest absolute Gasteiger partial charge is 0.259 e. The fraction of sp³-hybridized carbons (Fsp3) is 0.316. The van der Waals surface area contributed by atoms with Crippen molar-refractivity contribution in [2.45, 2.75) is 26.3 Å². The molecule has 3 heteroatoms. The number of rotatable bonds is 4. The minimum Gasteiger partial charge on any atom is -0.497 e.